The van der Waals surface area contributed by atoms with Gasteiger partial charge in [-0.15, -0.1) is 0 Å². The maximum Gasteiger partial charge on any atom is 0.141 e. The minimum atomic E-state index is 0.538. The average Bonchev–Trinajstić information content (AvgIpc) is 2.16. The normalized spacial score (nSPS) is 14.6. The molecule has 0 N–H and O–H groups in total. The van der Waals surface area contributed by atoms with Gasteiger partial charge >= 0.3 is 0 Å². The van der Waals surface area contributed by atoms with E-state index in [0.717, 1.165) is 20.3 Å². The summed E-state index contributed by atoms with van der Waals surface area (Å²) in [5.41, 5.74) is 2.48. The summed E-state index contributed by atoms with van der Waals surface area (Å²) in [6, 6.07) is 4.09. The second-order valence-electron chi connectivity index (χ2n) is 3.97. The molecule has 0 saturated heterocycles. The maximum absolute atomic E-state index is 5.75. The van der Waals surface area contributed by atoms with E-state index >= 15 is 0 Å². The largest absolute Gasteiger partial charge is 0.487 e. The van der Waals surface area contributed by atoms with E-state index in [1.165, 1.54) is 5.57 Å². The van der Waals surface area contributed by atoms with Gasteiger partial charge in [0.15, 0.2) is 0 Å². The third kappa shape index (κ3) is 2.28. The third-order valence-corrected chi connectivity index (χ3v) is 3.55. The highest BCUT2D eigenvalue weighted by Crippen LogP contribution is 2.37. The lowest BCUT2D eigenvalue weighted by molar-refractivity contribution is 0.332. The number of fused-ring (bicyclic) bond motifs is 1. The Bertz CT molecular complexity index is 422. The van der Waals surface area contributed by atoms with Crippen molar-refractivity contribution in [1.29, 1.82) is 0 Å². The molecule has 1 nitrogen and oxygen atoms in total. The van der Waals surface area contributed by atoms with Crippen LogP contribution in [0.25, 0.3) is 6.08 Å². The van der Waals surface area contributed by atoms with E-state index in [1.807, 2.05) is 6.07 Å². The molecule has 1 aromatic rings. The lowest BCUT2D eigenvalue weighted by Crippen LogP contribution is -2.11. The lowest BCUT2D eigenvalue weighted by Gasteiger charge is -2.21. The van der Waals surface area contributed by atoms with Gasteiger partial charge in [-0.05, 0) is 45.6 Å². The van der Waals surface area contributed by atoms with E-state index in [1.54, 1.807) is 0 Å². The smallest absolute Gasteiger partial charge is 0.141 e. The molecule has 1 aliphatic heterocycles. The second-order valence-corrected chi connectivity index (χ2v) is 5.74. The molecule has 1 heterocycles. The summed E-state index contributed by atoms with van der Waals surface area (Å²) in [5, 5.41) is 0. The van der Waals surface area contributed by atoms with E-state index in [-0.39, 0.29) is 0 Å². The summed E-state index contributed by atoms with van der Waals surface area (Å²) in [6.07, 6.45) is 2.22. The predicted octanol–water partition coefficient (Wildman–Crippen LogP) is 4.64. The van der Waals surface area contributed by atoms with Crippen LogP contribution in [-0.4, -0.2) is 6.61 Å². The molecule has 0 atom stereocenters. The Morgan fingerprint density at radius 1 is 1.27 bits per heavy atom. The van der Waals surface area contributed by atoms with Crippen molar-refractivity contribution in [3.63, 3.8) is 0 Å². The second kappa shape index (κ2) is 4.30. The van der Waals surface area contributed by atoms with Gasteiger partial charge in [0.05, 0.1) is 4.47 Å². The van der Waals surface area contributed by atoms with Crippen molar-refractivity contribution >= 4 is 37.9 Å². The van der Waals surface area contributed by atoms with E-state index in [0.29, 0.717) is 12.5 Å². The van der Waals surface area contributed by atoms with Crippen LogP contribution in [0.5, 0.6) is 5.75 Å². The fourth-order valence-electron chi connectivity index (χ4n) is 1.57. The molecule has 0 aromatic heterocycles. The highest BCUT2D eigenvalue weighted by Gasteiger charge is 2.16. The van der Waals surface area contributed by atoms with Crippen LogP contribution < -0.4 is 4.74 Å². The van der Waals surface area contributed by atoms with Crippen molar-refractivity contribution in [2.75, 3.05) is 6.61 Å². The molecule has 0 amide bonds. The fraction of sp³-hybridized carbons (Fsp3) is 0.333. The molecule has 15 heavy (non-hydrogen) atoms. The zero-order valence-corrected chi connectivity index (χ0v) is 11.9. The van der Waals surface area contributed by atoms with Crippen LogP contribution in [0.15, 0.2) is 26.7 Å². The van der Waals surface area contributed by atoms with Crippen LogP contribution in [0.2, 0.25) is 0 Å². The van der Waals surface area contributed by atoms with Crippen LogP contribution in [-0.2, 0) is 0 Å². The molecule has 0 aliphatic carbocycles. The van der Waals surface area contributed by atoms with Crippen LogP contribution >= 0.6 is 31.9 Å². The van der Waals surface area contributed by atoms with Crippen molar-refractivity contribution in [3.8, 4) is 5.75 Å². The van der Waals surface area contributed by atoms with Crippen molar-refractivity contribution in [2.45, 2.75) is 13.8 Å². The van der Waals surface area contributed by atoms with Crippen LogP contribution in [0.1, 0.15) is 19.4 Å². The summed E-state index contributed by atoms with van der Waals surface area (Å²) < 4.78 is 7.82. The van der Waals surface area contributed by atoms with E-state index in [9.17, 15) is 0 Å². The fourth-order valence-corrected chi connectivity index (χ4v) is 2.94. The Morgan fingerprint density at radius 3 is 2.67 bits per heavy atom. The molecular formula is C12H12Br2O. The summed E-state index contributed by atoms with van der Waals surface area (Å²) in [4.78, 5) is 0. The quantitative estimate of drug-likeness (QED) is 0.728. The first-order chi connectivity index (χ1) is 7.08. The zero-order valence-electron chi connectivity index (χ0n) is 8.68. The molecule has 0 saturated carbocycles. The third-order valence-electron chi connectivity index (χ3n) is 2.50. The van der Waals surface area contributed by atoms with Crippen molar-refractivity contribution < 1.29 is 4.74 Å². The highest BCUT2D eigenvalue weighted by atomic mass is 79.9. The number of hydrogen-bond donors (Lipinski definition) is 0. The molecule has 0 bridgehead atoms. The SMILES string of the molecule is CC(C)C1=Cc2cc(Br)cc(Br)c2OC1. The number of halogens is 2. The Labute approximate surface area is 107 Å². The Kier molecular flexibility index (Phi) is 3.21. The highest BCUT2D eigenvalue weighted by molar-refractivity contribution is 9.11. The monoisotopic (exact) mass is 330 g/mol. The van der Waals surface area contributed by atoms with Gasteiger partial charge in [-0.1, -0.05) is 29.8 Å². The van der Waals surface area contributed by atoms with Crippen LogP contribution in [0, 0.1) is 5.92 Å². The molecule has 2 rings (SSSR count). The van der Waals surface area contributed by atoms with Crippen molar-refractivity contribution in [3.05, 3.63) is 32.2 Å². The summed E-state index contributed by atoms with van der Waals surface area (Å²) in [6.45, 7) is 5.07. The molecule has 0 radical (unpaired) electrons. The minimum Gasteiger partial charge on any atom is -0.487 e. The van der Waals surface area contributed by atoms with Gasteiger partial charge in [0.1, 0.15) is 12.4 Å². The molecule has 0 fully saturated rings. The van der Waals surface area contributed by atoms with Crippen molar-refractivity contribution in [2.24, 2.45) is 5.92 Å². The minimum absolute atomic E-state index is 0.538. The van der Waals surface area contributed by atoms with Gasteiger partial charge < -0.3 is 4.74 Å². The Hall–Kier alpha value is -0.280. The van der Waals surface area contributed by atoms with Gasteiger partial charge in [-0.3, -0.25) is 0 Å². The van der Waals surface area contributed by atoms with E-state index < -0.39 is 0 Å². The Morgan fingerprint density at radius 2 is 2.00 bits per heavy atom. The van der Waals surface area contributed by atoms with Gasteiger partial charge in [-0.2, -0.15) is 0 Å². The molecule has 0 spiro atoms. The summed E-state index contributed by atoms with van der Waals surface area (Å²) in [7, 11) is 0. The lowest BCUT2D eigenvalue weighted by atomic mass is 9.99. The number of ether oxygens (including phenoxy) is 1. The summed E-state index contributed by atoms with van der Waals surface area (Å²) in [5.74, 6) is 1.48. The molecule has 80 valence electrons. The van der Waals surface area contributed by atoms with Crippen LogP contribution in [0.3, 0.4) is 0 Å². The molecule has 1 aromatic carbocycles. The van der Waals surface area contributed by atoms with Gasteiger partial charge in [-0.25, -0.2) is 0 Å². The molecule has 3 heteroatoms. The number of benzene rings is 1. The number of rotatable bonds is 1. The van der Waals surface area contributed by atoms with Gasteiger partial charge in [0.2, 0.25) is 0 Å². The van der Waals surface area contributed by atoms with Gasteiger partial charge in [0.25, 0.3) is 0 Å². The average molecular weight is 332 g/mol. The first kappa shape index (κ1) is 11.2. The standard InChI is InChI=1S/C12H12Br2O/c1-7(2)9-3-8-4-10(13)5-11(14)12(8)15-6-9/h3-5,7H,6H2,1-2H3. The Balaban J connectivity index is 2.50. The number of hydrogen-bond acceptors (Lipinski definition) is 1. The predicted molar refractivity (Wildman–Crippen MR) is 70.2 cm³/mol. The molecule has 0 unspecified atom stereocenters. The van der Waals surface area contributed by atoms with E-state index in [2.05, 4.69) is 57.8 Å². The topological polar surface area (TPSA) is 9.23 Å². The first-order valence-corrected chi connectivity index (χ1v) is 6.49. The van der Waals surface area contributed by atoms with Crippen LogP contribution in [0.4, 0.5) is 0 Å². The van der Waals surface area contributed by atoms with E-state index in [4.69, 9.17) is 4.74 Å². The summed E-state index contributed by atoms with van der Waals surface area (Å²) >= 11 is 6.99. The zero-order chi connectivity index (χ0) is 11.0. The maximum atomic E-state index is 5.75. The molecular weight excluding hydrogens is 320 g/mol. The van der Waals surface area contributed by atoms with Gasteiger partial charge in [0, 0.05) is 10.0 Å². The first-order valence-electron chi connectivity index (χ1n) is 4.90. The van der Waals surface area contributed by atoms with Crippen molar-refractivity contribution in [1.82, 2.24) is 0 Å². The molecule has 1 aliphatic rings.